The molecule has 0 spiro atoms. The molecule has 0 saturated carbocycles. The summed E-state index contributed by atoms with van der Waals surface area (Å²) in [5.41, 5.74) is 0. The number of ketones is 1. The third-order valence-electron chi connectivity index (χ3n) is 4.62. The number of aliphatic hydroxyl groups excluding tert-OH is 1. The van der Waals surface area contributed by atoms with Gasteiger partial charge < -0.3 is 10.2 Å². The van der Waals surface area contributed by atoms with Crippen LogP contribution in [-0.2, 0) is 9.59 Å². The fourth-order valence-electron chi connectivity index (χ4n) is 3.13. The van der Waals surface area contributed by atoms with E-state index in [-0.39, 0.29) is 24.0 Å². The van der Waals surface area contributed by atoms with Gasteiger partial charge in [-0.3, -0.25) is 9.59 Å². The minimum Gasteiger partial charge on any atom is -0.481 e. The third-order valence-corrected chi connectivity index (χ3v) is 4.62. The molecule has 1 aliphatic rings. The maximum Gasteiger partial charge on any atom is 0.303 e. The first kappa shape index (κ1) is 20.6. The highest BCUT2D eigenvalue weighted by Crippen LogP contribution is 2.29. The molecule has 0 unspecified atom stereocenters. The van der Waals surface area contributed by atoms with Crippen molar-refractivity contribution in [1.82, 2.24) is 0 Å². The van der Waals surface area contributed by atoms with Crippen LogP contribution in [0.5, 0.6) is 0 Å². The Labute approximate surface area is 145 Å². The summed E-state index contributed by atoms with van der Waals surface area (Å²) in [7, 11) is 0. The maximum absolute atomic E-state index is 12.0. The summed E-state index contributed by atoms with van der Waals surface area (Å²) in [4.78, 5) is 22.4. The predicted octanol–water partition coefficient (Wildman–Crippen LogP) is 4.28. The number of hydrogen-bond acceptors (Lipinski definition) is 3. The van der Waals surface area contributed by atoms with Crippen molar-refractivity contribution in [2.45, 2.75) is 77.2 Å². The molecule has 0 heterocycles. The Morgan fingerprint density at radius 1 is 1.21 bits per heavy atom. The molecular weight excluding hydrogens is 304 g/mol. The summed E-state index contributed by atoms with van der Waals surface area (Å²) in [5, 5.41) is 18.6. The summed E-state index contributed by atoms with van der Waals surface area (Å²) in [5.74, 6) is -0.522. The van der Waals surface area contributed by atoms with Crippen LogP contribution in [-0.4, -0.2) is 28.1 Å². The summed E-state index contributed by atoms with van der Waals surface area (Å²) < 4.78 is 0. The van der Waals surface area contributed by atoms with Gasteiger partial charge in [-0.15, -0.1) is 0 Å². The van der Waals surface area contributed by atoms with E-state index in [1.54, 1.807) is 12.2 Å². The molecule has 136 valence electrons. The number of unbranched alkanes of at least 4 members (excludes halogenated alkanes) is 5. The van der Waals surface area contributed by atoms with Gasteiger partial charge in [0.1, 0.15) is 0 Å². The monoisotopic (exact) mass is 336 g/mol. The quantitative estimate of drug-likeness (QED) is 0.389. The lowest BCUT2D eigenvalue weighted by Gasteiger charge is -2.15. The number of carbonyl (C=O) groups excluding carboxylic acids is 1. The molecule has 0 aromatic heterocycles. The molecular formula is C20H32O4. The molecule has 2 N–H and O–H groups in total. The molecule has 0 aromatic carbocycles. The summed E-state index contributed by atoms with van der Waals surface area (Å²) in [6, 6.07) is 0. The van der Waals surface area contributed by atoms with Crippen LogP contribution in [0.3, 0.4) is 0 Å². The van der Waals surface area contributed by atoms with Gasteiger partial charge in [0.25, 0.3) is 0 Å². The Kier molecular flexibility index (Phi) is 10.3. The second-order valence-corrected chi connectivity index (χ2v) is 6.75. The van der Waals surface area contributed by atoms with Crippen LogP contribution in [0, 0.1) is 11.8 Å². The number of rotatable bonds is 13. The van der Waals surface area contributed by atoms with Gasteiger partial charge in [-0.25, -0.2) is 0 Å². The van der Waals surface area contributed by atoms with E-state index < -0.39 is 12.1 Å². The van der Waals surface area contributed by atoms with E-state index in [0.717, 1.165) is 57.8 Å². The number of aliphatic carboxylic acids is 1. The Bertz CT molecular complexity index is 439. The third kappa shape index (κ3) is 8.44. The average Bonchev–Trinajstić information content (AvgIpc) is 2.89. The Morgan fingerprint density at radius 3 is 2.67 bits per heavy atom. The lowest BCUT2D eigenvalue weighted by atomic mass is 9.89. The van der Waals surface area contributed by atoms with Crippen molar-refractivity contribution in [3.63, 3.8) is 0 Å². The topological polar surface area (TPSA) is 74.6 Å². The van der Waals surface area contributed by atoms with E-state index in [4.69, 9.17) is 5.11 Å². The molecule has 1 aliphatic carbocycles. The van der Waals surface area contributed by atoms with Crippen molar-refractivity contribution in [2.75, 3.05) is 0 Å². The first-order chi connectivity index (χ1) is 11.5. The smallest absolute Gasteiger partial charge is 0.303 e. The van der Waals surface area contributed by atoms with E-state index >= 15 is 0 Å². The van der Waals surface area contributed by atoms with Gasteiger partial charge in [-0.1, -0.05) is 63.7 Å². The molecule has 0 saturated heterocycles. The number of aliphatic hydroxyl groups is 1. The normalized spacial score (nSPS) is 21.7. The van der Waals surface area contributed by atoms with Crippen LogP contribution in [0.4, 0.5) is 0 Å². The number of allylic oxidation sites excluding steroid dienone is 3. The van der Waals surface area contributed by atoms with Crippen molar-refractivity contribution in [3.05, 3.63) is 24.3 Å². The fraction of sp³-hybridized carbons (Fsp3) is 0.700. The van der Waals surface area contributed by atoms with Crippen LogP contribution >= 0.6 is 0 Å². The molecule has 0 fully saturated rings. The van der Waals surface area contributed by atoms with E-state index in [1.165, 1.54) is 0 Å². The lowest BCUT2D eigenvalue weighted by molar-refractivity contribution is -0.137. The van der Waals surface area contributed by atoms with Crippen molar-refractivity contribution in [2.24, 2.45) is 11.8 Å². The van der Waals surface area contributed by atoms with Gasteiger partial charge in [0, 0.05) is 12.3 Å². The fourth-order valence-corrected chi connectivity index (χ4v) is 3.13. The molecule has 0 bridgehead atoms. The standard InChI is InChI=1S/C20H32O4/c1-2-3-6-10-17(21)13-14-18-16(12-15-19(18)22)9-7-4-5-8-11-20(23)24/h12-18,21H,2-11H2,1H3,(H,23,24)/b14-13+/t16-,17+,18-/m0/s1. The number of hydrogen-bond donors (Lipinski definition) is 2. The Balaban J connectivity index is 2.29. The highest BCUT2D eigenvalue weighted by atomic mass is 16.4. The summed E-state index contributed by atoms with van der Waals surface area (Å²) in [6.45, 7) is 2.14. The minimum atomic E-state index is -0.734. The number of carboxylic acids is 1. The zero-order valence-electron chi connectivity index (χ0n) is 14.8. The zero-order valence-corrected chi connectivity index (χ0v) is 14.8. The molecule has 24 heavy (non-hydrogen) atoms. The van der Waals surface area contributed by atoms with E-state index in [0.29, 0.717) is 0 Å². The van der Waals surface area contributed by atoms with Crippen molar-refractivity contribution in [3.8, 4) is 0 Å². The first-order valence-electron chi connectivity index (χ1n) is 9.34. The minimum absolute atomic E-state index is 0.128. The van der Waals surface area contributed by atoms with Gasteiger partial charge in [-0.2, -0.15) is 0 Å². The van der Waals surface area contributed by atoms with Gasteiger partial charge in [0.05, 0.1) is 6.10 Å². The average molecular weight is 336 g/mol. The van der Waals surface area contributed by atoms with E-state index in [1.807, 2.05) is 12.2 Å². The van der Waals surface area contributed by atoms with Crippen LogP contribution in [0.1, 0.15) is 71.1 Å². The van der Waals surface area contributed by atoms with Crippen LogP contribution in [0.25, 0.3) is 0 Å². The van der Waals surface area contributed by atoms with Crippen LogP contribution < -0.4 is 0 Å². The Morgan fingerprint density at radius 2 is 1.96 bits per heavy atom. The van der Waals surface area contributed by atoms with Crippen LogP contribution in [0.15, 0.2) is 24.3 Å². The van der Waals surface area contributed by atoms with Gasteiger partial charge in [0.15, 0.2) is 5.78 Å². The highest BCUT2D eigenvalue weighted by molar-refractivity contribution is 5.95. The molecule has 0 aromatic rings. The number of carboxylic acid groups (broad SMARTS) is 1. The molecule has 3 atom stereocenters. The van der Waals surface area contributed by atoms with E-state index in [9.17, 15) is 14.7 Å². The van der Waals surface area contributed by atoms with Crippen molar-refractivity contribution in [1.29, 1.82) is 0 Å². The molecule has 4 nitrogen and oxygen atoms in total. The van der Waals surface area contributed by atoms with Gasteiger partial charge in [0.2, 0.25) is 0 Å². The zero-order chi connectivity index (χ0) is 17.8. The maximum atomic E-state index is 12.0. The number of carbonyl (C=O) groups is 2. The first-order valence-corrected chi connectivity index (χ1v) is 9.34. The van der Waals surface area contributed by atoms with E-state index in [2.05, 4.69) is 6.92 Å². The van der Waals surface area contributed by atoms with Gasteiger partial charge >= 0.3 is 5.97 Å². The predicted molar refractivity (Wildman–Crippen MR) is 95.8 cm³/mol. The Hall–Kier alpha value is -1.42. The largest absolute Gasteiger partial charge is 0.481 e. The lowest BCUT2D eigenvalue weighted by Crippen LogP contribution is -2.14. The van der Waals surface area contributed by atoms with Crippen molar-refractivity contribution >= 4 is 11.8 Å². The second-order valence-electron chi connectivity index (χ2n) is 6.75. The molecule has 0 amide bonds. The summed E-state index contributed by atoms with van der Waals surface area (Å²) >= 11 is 0. The highest BCUT2D eigenvalue weighted by Gasteiger charge is 2.27. The van der Waals surface area contributed by atoms with Crippen LogP contribution in [0.2, 0.25) is 0 Å². The molecule has 0 aliphatic heterocycles. The molecule has 4 heteroatoms. The van der Waals surface area contributed by atoms with Gasteiger partial charge in [-0.05, 0) is 31.3 Å². The second kappa shape index (κ2) is 12.0. The van der Waals surface area contributed by atoms with Crippen molar-refractivity contribution < 1.29 is 19.8 Å². The molecule has 0 radical (unpaired) electrons. The summed E-state index contributed by atoms with van der Waals surface area (Å²) in [6.07, 6.45) is 15.7. The molecule has 1 rings (SSSR count). The SMILES string of the molecule is CCCCC[C@@H](O)/C=C/[C@@H]1C(=O)C=C[C@@H]1CCCCCCC(=O)O.